The van der Waals surface area contributed by atoms with Crippen molar-refractivity contribution in [3.05, 3.63) is 47.0 Å². The lowest BCUT2D eigenvalue weighted by Gasteiger charge is -2.28. The molecule has 0 amide bonds. The van der Waals surface area contributed by atoms with E-state index in [1.165, 1.54) is 12.1 Å². The molecule has 0 radical (unpaired) electrons. The molecule has 1 aromatic carbocycles. The molecule has 110 valence electrons. The summed E-state index contributed by atoms with van der Waals surface area (Å²) in [5.74, 6) is 0.0656. The average molecular weight is 294 g/mol. The molecule has 2 nitrogen and oxygen atoms in total. The Balaban J connectivity index is 1.71. The molecule has 1 aromatic rings. The minimum Gasteiger partial charge on any atom is -0.451 e. The van der Waals surface area contributed by atoms with E-state index in [-0.39, 0.29) is 11.9 Å². The van der Waals surface area contributed by atoms with Gasteiger partial charge in [-0.1, -0.05) is 12.1 Å². The molecule has 2 fully saturated rings. The highest BCUT2D eigenvalue weighted by atomic mass is 19.4. The summed E-state index contributed by atoms with van der Waals surface area (Å²) >= 11 is 0. The highest BCUT2D eigenvalue weighted by Gasteiger charge is 2.59. The molecule has 1 spiro atoms. The van der Waals surface area contributed by atoms with Crippen molar-refractivity contribution in [3.63, 3.8) is 0 Å². The number of rotatable bonds is 1. The van der Waals surface area contributed by atoms with Gasteiger partial charge in [0.15, 0.2) is 0 Å². The van der Waals surface area contributed by atoms with Crippen LogP contribution in [0.5, 0.6) is 0 Å². The number of hydrogen-bond donors (Lipinski definition) is 0. The van der Waals surface area contributed by atoms with E-state index in [1.54, 1.807) is 6.08 Å². The molecule has 0 aromatic heterocycles. The van der Waals surface area contributed by atoms with Crippen LogP contribution in [0.15, 0.2) is 35.9 Å². The number of hydrogen-bond acceptors (Lipinski definition) is 2. The van der Waals surface area contributed by atoms with Gasteiger partial charge in [0.1, 0.15) is 5.60 Å². The number of halogens is 3. The van der Waals surface area contributed by atoms with E-state index in [0.717, 1.165) is 42.5 Å². The molecule has 1 aliphatic heterocycles. The Kier molecular flexibility index (Phi) is 2.40. The van der Waals surface area contributed by atoms with Crippen LogP contribution in [0.1, 0.15) is 36.3 Å². The Hall–Kier alpha value is -1.78. The van der Waals surface area contributed by atoms with Crippen LogP contribution >= 0.6 is 0 Å². The largest absolute Gasteiger partial charge is 0.451 e. The maximum Gasteiger partial charge on any atom is 0.416 e. The van der Waals surface area contributed by atoms with Crippen LogP contribution in [0, 0.1) is 5.92 Å². The van der Waals surface area contributed by atoms with Gasteiger partial charge in [0.25, 0.3) is 0 Å². The van der Waals surface area contributed by atoms with Crippen LogP contribution in [0.3, 0.4) is 0 Å². The lowest BCUT2D eigenvalue weighted by molar-refractivity contribution is -0.145. The highest BCUT2D eigenvalue weighted by Crippen LogP contribution is 2.62. The number of fused-ring (bicyclic) bond motifs is 1. The van der Waals surface area contributed by atoms with Crippen LogP contribution in [0.4, 0.5) is 13.2 Å². The van der Waals surface area contributed by atoms with Gasteiger partial charge in [-0.25, -0.2) is 4.79 Å². The van der Waals surface area contributed by atoms with E-state index < -0.39 is 17.3 Å². The van der Waals surface area contributed by atoms with Gasteiger partial charge in [0.2, 0.25) is 0 Å². The van der Waals surface area contributed by atoms with Gasteiger partial charge in [-0.2, -0.15) is 13.2 Å². The molecule has 5 heteroatoms. The molecular formula is C16H13F3O2. The Bertz CT molecular complexity index is 644. The first kappa shape index (κ1) is 12.9. The minimum atomic E-state index is -4.32. The Morgan fingerprint density at radius 3 is 2.57 bits per heavy atom. The van der Waals surface area contributed by atoms with Crippen LogP contribution < -0.4 is 0 Å². The summed E-state index contributed by atoms with van der Waals surface area (Å²) in [6.45, 7) is 0. The van der Waals surface area contributed by atoms with Crippen LogP contribution in [0.25, 0.3) is 0 Å². The molecular weight excluding hydrogens is 281 g/mol. The molecule has 2 saturated carbocycles. The maximum absolute atomic E-state index is 12.6. The summed E-state index contributed by atoms with van der Waals surface area (Å²) in [6.07, 6.45) is -0.180. The molecule has 2 bridgehead atoms. The van der Waals surface area contributed by atoms with E-state index in [0.29, 0.717) is 5.92 Å². The monoisotopic (exact) mass is 294 g/mol. The van der Waals surface area contributed by atoms with E-state index in [4.69, 9.17) is 4.74 Å². The molecule has 3 unspecified atom stereocenters. The zero-order valence-corrected chi connectivity index (χ0v) is 11.1. The second-order valence-corrected chi connectivity index (χ2v) is 6.12. The number of carbonyl (C=O) groups excluding carboxylic acids is 1. The van der Waals surface area contributed by atoms with Crippen molar-refractivity contribution in [1.82, 2.24) is 0 Å². The van der Waals surface area contributed by atoms with Crippen LogP contribution in [-0.4, -0.2) is 11.6 Å². The van der Waals surface area contributed by atoms with Crippen LogP contribution in [-0.2, 0) is 15.7 Å². The van der Waals surface area contributed by atoms with E-state index >= 15 is 0 Å². The van der Waals surface area contributed by atoms with E-state index in [1.807, 2.05) is 0 Å². The van der Waals surface area contributed by atoms with Gasteiger partial charge in [0, 0.05) is 12.0 Å². The third-order valence-electron chi connectivity index (χ3n) is 5.01. The van der Waals surface area contributed by atoms with Gasteiger partial charge in [0.05, 0.1) is 5.56 Å². The summed E-state index contributed by atoms with van der Waals surface area (Å²) in [6, 6.07) is 5.30. The normalized spacial score (nSPS) is 33.9. The zero-order valence-electron chi connectivity index (χ0n) is 11.1. The number of carbonyl (C=O) groups is 1. The van der Waals surface area contributed by atoms with Crippen molar-refractivity contribution < 1.29 is 22.7 Å². The van der Waals surface area contributed by atoms with Crippen LogP contribution in [0.2, 0.25) is 0 Å². The Morgan fingerprint density at radius 2 is 1.90 bits per heavy atom. The van der Waals surface area contributed by atoms with E-state index in [2.05, 4.69) is 0 Å². The molecule has 0 N–H and O–H groups in total. The smallest absolute Gasteiger partial charge is 0.416 e. The van der Waals surface area contributed by atoms with Gasteiger partial charge in [-0.15, -0.1) is 0 Å². The lowest BCUT2D eigenvalue weighted by Crippen LogP contribution is -2.27. The lowest BCUT2D eigenvalue weighted by atomic mass is 9.78. The van der Waals surface area contributed by atoms with Crippen molar-refractivity contribution in [2.45, 2.75) is 37.0 Å². The summed E-state index contributed by atoms with van der Waals surface area (Å²) in [5, 5.41) is 0. The highest BCUT2D eigenvalue weighted by molar-refractivity contribution is 5.88. The van der Waals surface area contributed by atoms with Gasteiger partial charge < -0.3 is 4.74 Å². The number of alkyl halides is 3. The fourth-order valence-corrected chi connectivity index (χ4v) is 4.18. The SMILES string of the molecule is O=C1C=C2C(c3ccc(C(F)(F)F)cc3)C3CCC2(C3)O1. The summed E-state index contributed by atoms with van der Waals surface area (Å²) in [4.78, 5) is 11.6. The molecule has 4 rings (SSSR count). The van der Waals surface area contributed by atoms with E-state index in [9.17, 15) is 18.0 Å². The second kappa shape index (κ2) is 3.90. The third-order valence-corrected chi connectivity index (χ3v) is 5.01. The first-order valence-corrected chi connectivity index (χ1v) is 7.01. The van der Waals surface area contributed by atoms with Crippen molar-refractivity contribution in [2.24, 2.45) is 5.92 Å². The minimum absolute atomic E-state index is 0.0208. The summed E-state index contributed by atoms with van der Waals surface area (Å²) in [7, 11) is 0. The fourth-order valence-electron chi connectivity index (χ4n) is 4.18. The standard InChI is InChI=1S/C16H13F3O2/c17-16(18,19)11-3-1-9(2-4-11)14-10-5-6-15(8-10)12(14)7-13(20)21-15/h1-4,7,10,14H,5-6,8H2. The quantitative estimate of drug-likeness (QED) is 0.736. The zero-order chi connectivity index (χ0) is 14.8. The number of esters is 1. The van der Waals surface area contributed by atoms with Crippen molar-refractivity contribution in [1.29, 1.82) is 0 Å². The topological polar surface area (TPSA) is 26.3 Å². The summed E-state index contributed by atoms with van der Waals surface area (Å²) in [5.41, 5.74) is 0.703. The predicted octanol–water partition coefficient (Wildman–Crippen LogP) is 3.82. The van der Waals surface area contributed by atoms with Crippen molar-refractivity contribution in [3.8, 4) is 0 Å². The average Bonchev–Trinajstić information content (AvgIpc) is 3.03. The van der Waals surface area contributed by atoms with Crippen molar-refractivity contribution >= 4 is 5.97 Å². The van der Waals surface area contributed by atoms with Crippen molar-refractivity contribution in [2.75, 3.05) is 0 Å². The predicted molar refractivity (Wildman–Crippen MR) is 68.4 cm³/mol. The first-order chi connectivity index (χ1) is 9.89. The number of benzene rings is 1. The third kappa shape index (κ3) is 1.76. The molecule has 1 heterocycles. The van der Waals surface area contributed by atoms with Gasteiger partial charge in [-0.3, -0.25) is 0 Å². The fraction of sp³-hybridized carbons (Fsp3) is 0.438. The molecule has 2 aliphatic carbocycles. The number of ether oxygens (including phenoxy) is 1. The molecule has 3 atom stereocenters. The summed E-state index contributed by atoms with van der Waals surface area (Å²) < 4.78 is 43.4. The Labute approximate surface area is 119 Å². The molecule has 21 heavy (non-hydrogen) atoms. The van der Waals surface area contributed by atoms with Gasteiger partial charge >= 0.3 is 12.1 Å². The Morgan fingerprint density at radius 1 is 1.19 bits per heavy atom. The second-order valence-electron chi connectivity index (χ2n) is 6.12. The maximum atomic E-state index is 12.6. The first-order valence-electron chi connectivity index (χ1n) is 7.01. The molecule has 0 saturated heterocycles. The molecule has 3 aliphatic rings. The van der Waals surface area contributed by atoms with Gasteiger partial charge in [-0.05, 0) is 48.4 Å².